The molecule has 0 spiro atoms. The van der Waals surface area contributed by atoms with Gasteiger partial charge in [-0.25, -0.2) is 0 Å². The predicted molar refractivity (Wildman–Crippen MR) is 104 cm³/mol. The molecule has 4 rings (SSSR count). The lowest BCUT2D eigenvalue weighted by Crippen LogP contribution is -2.52. The first-order chi connectivity index (χ1) is 13.7. The Bertz CT molecular complexity index is 944. The van der Waals surface area contributed by atoms with E-state index in [1.165, 1.54) is 0 Å². The van der Waals surface area contributed by atoms with Crippen molar-refractivity contribution in [2.45, 2.75) is 25.4 Å². The SMILES string of the molecule is N#Cc1cccc(C(=O)N2C[C@@H](C(=O)N3CCCCC3)Oc3ccccc32)c1. The average Bonchev–Trinajstić information content (AvgIpc) is 2.78. The summed E-state index contributed by atoms with van der Waals surface area (Å²) < 4.78 is 5.97. The van der Waals surface area contributed by atoms with Crippen LogP contribution in [0.4, 0.5) is 5.69 Å². The second-order valence-corrected chi connectivity index (χ2v) is 7.07. The first-order valence-corrected chi connectivity index (χ1v) is 9.54. The summed E-state index contributed by atoms with van der Waals surface area (Å²) in [5, 5.41) is 9.13. The number of hydrogen-bond acceptors (Lipinski definition) is 4. The zero-order chi connectivity index (χ0) is 19.5. The van der Waals surface area contributed by atoms with Gasteiger partial charge in [0, 0.05) is 18.7 Å². The van der Waals surface area contributed by atoms with Crippen LogP contribution >= 0.6 is 0 Å². The number of piperidine rings is 1. The Morgan fingerprint density at radius 3 is 2.61 bits per heavy atom. The van der Waals surface area contributed by atoms with Gasteiger partial charge in [0.05, 0.1) is 23.9 Å². The number of anilines is 1. The standard InChI is InChI=1S/C22H21N3O3/c23-14-16-7-6-8-17(13-16)21(26)25-15-20(22(27)24-11-4-1-5-12-24)28-19-10-3-2-9-18(19)25/h2-3,6-10,13,20H,1,4-5,11-12,15H2/t20-/m0/s1. The molecular formula is C22H21N3O3. The average molecular weight is 375 g/mol. The van der Waals surface area contributed by atoms with Gasteiger partial charge in [-0.05, 0) is 49.6 Å². The van der Waals surface area contributed by atoms with Crippen molar-refractivity contribution in [1.29, 1.82) is 5.26 Å². The molecule has 0 radical (unpaired) electrons. The molecule has 0 aromatic heterocycles. The van der Waals surface area contributed by atoms with E-state index in [1.54, 1.807) is 35.2 Å². The fourth-order valence-electron chi connectivity index (χ4n) is 3.75. The van der Waals surface area contributed by atoms with E-state index < -0.39 is 6.10 Å². The van der Waals surface area contributed by atoms with Gasteiger partial charge in [-0.15, -0.1) is 0 Å². The fourth-order valence-corrected chi connectivity index (χ4v) is 3.75. The van der Waals surface area contributed by atoms with Gasteiger partial charge >= 0.3 is 0 Å². The number of hydrogen-bond donors (Lipinski definition) is 0. The van der Waals surface area contributed by atoms with Crippen LogP contribution in [0.1, 0.15) is 35.2 Å². The van der Waals surface area contributed by atoms with E-state index in [2.05, 4.69) is 6.07 Å². The van der Waals surface area contributed by atoms with Crippen LogP contribution in [0.3, 0.4) is 0 Å². The second-order valence-electron chi connectivity index (χ2n) is 7.07. The van der Waals surface area contributed by atoms with Gasteiger partial charge in [-0.3, -0.25) is 9.59 Å². The first kappa shape index (κ1) is 18.1. The van der Waals surface area contributed by atoms with Crippen LogP contribution in [0.15, 0.2) is 48.5 Å². The number of amides is 2. The molecule has 0 N–H and O–H groups in total. The zero-order valence-corrected chi connectivity index (χ0v) is 15.5. The summed E-state index contributed by atoms with van der Waals surface area (Å²) in [6, 6.07) is 15.9. The van der Waals surface area contributed by atoms with Crippen LogP contribution in [-0.2, 0) is 4.79 Å². The van der Waals surface area contributed by atoms with Crippen LogP contribution < -0.4 is 9.64 Å². The van der Waals surface area contributed by atoms with Crippen LogP contribution in [0.2, 0.25) is 0 Å². The highest BCUT2D eigenvalue weighted by Gasteiger charge is 2.36. The largest absolute Gasteiger partial charge is 0.476 e. The molecule has 0 unspecified atom stereocenters. The fraction of sp³-hybridized carbons (Fsp3) is 0.318. The van der Waals surface area contributed by atoms with E-state index in [9.17, 15) is 9.59 Å². The predicted octanol–water partition coefficient (Wildman–Crippen LogP) is 2.98. The van der Waals surface area contributed by atoms with E-state index in [0.717, 1.165) is 32.4 Å². The molecule has 2 amide bonds. The monoisotopic (exact) mass is 375 g/mol. The maximum Gasteiger partial charge on any atom is 0.265 e. The van der Waals surface area contributed by atoms with Gasteiger partial charge in [-0.1, -0.05) is 18.2 Å². The maximum absolute atomic E-state index is 13.2. The second kappa shape index (κ2) is 7.73. The Balaban J connectivity index is 1.64. The van der Waals surface area contributed by atoms with Crippen molar-refractivity contribution in [2.75, 3.05) is 24.5 Å². The Hall–Kier alpha value is -3.33. The van der Waals surface area contributed by atoms with Crippen LogP contribution in [0.5, 0.6) is 5.75 Å². The molecule has 0 aliphatic carbocycles. The molecule has 142 valence electrons. The smallest absolute Gasteiger partial charge is 0.265 e. The highest BCUT2D eigenvalue weighted by molar-refractivity contribution is 6.08. The van der Waals surface area contributed by atoms with Crippen molar-refractivity contribution < 1.29 is 14.3 Å². The summed E-state index contributed by atoms with van der Waals surface area (Å²) in [6.45, 7) is 1.62. The minimum absolute atomic E-state index is 0.0715. The number of rotatable bonds is 2. The number of fused-ring (bicyclic) bond motifs is 1. The molecule has 1 fully saturated rings. The lowest BCUT2D eigenvalue weighted by Gasteiger charge is -2.37. The molecule has 2 aliphatic rings. The van der Waals surface area contributed by atoms with Crippen molar-refractivity contribution in [3.8, 4) is 11.8 Å². The highest BCUT2D eigenvalue weighted by atomic mass is 16.5. The van der Waals surface area contributed by atoms with E-state index >= 15 is 0 Å². The van der Waals surface area contributed by atoms with Crippen LogP contribution in [0, 0.1) is 11.3 Å². The summed E-state index contributed by atoms with van der Waals surface area (Å²) in [4.78, 5) is 29.6. The number of benzene rings is 2. The number of nitriles is 1. The molecular weight excluding hydrogens is 354 g/mol. The van der Waals surface area contributed by atoms with Gasteiger partial charge in [0.25, 0.3) is 11.8 Å². The van der Waals surface area contributed by atoms with Crippen molar-refractivity contribution in [3.63, 3.8) is 0 Å². The molecule has 28 heavy (non-hydrogen) atoms. The summed E-state index contributed by atoms with van der Waals surface area (Å²) in [7, 11) is 0. The van der Waals surface area contributed by atoms with Gasteiger partial charge in [-0.2, -0.15) is 5.26 Å². The van der Waals surface area contributed by atoms with Gasteiger partial charge in [0.15, 0.2) is 6.10 Å². The Morgan fingerprint density at radius 1 is 1.04 bits per heavy atom. The molecule has 2 aromatic rings. The summed E-state index contributed by atoms with van der Waals surface area (Å²) in [6.07, 6.45) is 2.41. The molecule has 0 bridgehead atoms. The molecule has 2 heterocycles. The number of carbonyl (C=O) groups excluding carboxylic acids is 2. The number of carbonyl (C=O) groups is 2. The first-order valence-electron chi connectivity index (χ1n) is 9.54. The van der Waals surface area contributed by atoms with E-state index in [1.807, 2.05) is 23.1 Å². The number of para-hydroxylation sites is 2. The van der Waals surface area contributed by atoms with Crippen molar-refractivity contribution in [2.24, 2.45) is 0 Å². The molecule has 6 heteroatoms. The Morgan fingerprint density at radius 2 is 1.82 bits per heavy atom. The molecule has 2 aliphatic heterocycles. The molecule has 1 saturated heterocycles. The quantitative estimate of drug-likeness (QED) is 0.809. The number of ether oxygens (including phenoxy) is 1. The van der Waals surface area contributed by atoms with E-state index in [4.69, 9.17) is 10.00 Å². The number of nitrogens with zero attached hydrogens (tertiary/aromatic N) is 3. The summed E-state index contributed by atoms with van der Waals surface area (Å²) in [5.74, 6) is 0.205. The Labute approximate surface area is 163 Å². The van der Waals surface area contributed by atoms with Crippen molar-refractivity contribution >= 4 is 17.5 Å². The molecule has 6 nitrogen and oxygen atoms in total. The Kier molecular flexibility index (Phi) is 4.98. The van der Waals surface area contributed by atoms with Crippen molar-refractivity contribution in [1.82, 2.24) is 4.90 Å². The van der Waals surface area contributed by atoms with Crippen LogP contribution in [0.25, 0.3) is 0 Å². The molecule has 2 aromatic carbocycles. The molecule has 1 atom stereocenters. The van der Waals surface area contributed by atoms with Crippen LogP contribution in [-0.4, -0.2) is 42.5 Å². The normalized spacial score (nSPS) is 18.6. The molecule has 0 saturated carbocycles. The van der Waals surface area contributed by atoms with E-state index in [0.29, 0.717) is 22.6 Å². The third-order valence-corrected chi connectivity index (χ3v) is 5.20. The lowest BCUT2D eigenvalue weighted by atomic mass is 10.1. The maximum atomic E-state index is 13.2. The van der Waals surface area contributed by atoms with E-state index in [-0.39, 0.29) is 18.4 Å². The third-order valence-electron chi connectivity index (χ3n) is 5.20. The van der Waals surface area contributed by atoms with Gasteiger partial charge in [0.2, 0.25) is 0 Å². The summed E-state index contributed by atoms with van der Waals surface area (Å²) >= 11 is 0. The van der Waals surface area contributed by atoms with Crippen molar-refractivity contribution in [3.05, 3.63) is 59.7 Å². The minimum atomic E-state index is -0.726. The highest BCUT2D eigenvalue weighted by Crippen LogP contribution is 2.34. The van der Waals surface area contributed by atoms with Gasteiger partial charge < -0.3 is 14.5 Å². The number of likely N-dealkylation sites (tertiary alicyclic amines) is 1. The zero-order valence-electron chi connectivity index (χ0n) is 15.5. The minimum Gasteiger partial charge on any atom is -0.476 e. The summed E-state index contributed by atoms with van der Waals surface area (Å²) in [5.41, 5.74) is 1.48. The topological polar surface area (TPSA) is 73.6 Å². The third kappa shape index (κ3) is 3.44. The van der Waals surface area contributed by atoms with Gasteiger partial charge in [0.1, 0.15) is 5.75 Å². The lowest BCUT2D eigenvalue weighted by molar-refractivity contribution is -0.139.